The number of unbranched alkanes of at least 4 members (excludes halogenated alkanes) is 33. The monoisotopic (exact) mass is 751 g/mol. The number of carboxylic acid groups (broad SMARTS) is 1. The first-order valence-electron chi connectivity index (χ1n) is 23.8. The fourth-order valence-electron chi connectivity index (χ4n) is 7.61. The van der Waals surface area contributed by atoms with Gasteiger partial charge in [-0.1, -0.05) is 212 Å². The van der Waals surface area contributed by atoms with E-state index in [0.717, 1.165) is 38.6 Å². The van der Waals surface area contributed by atoms with Gasteiger partial charge in [-0.05, 0) is 45.6 Å². The van der Waals surface area contributed by atoms with Crippen molar-refractivity contribution in [2.75, 3.05) is 13.2 Å². The number of aliphatic carboxylic acids is 1. The van der Waals surface area contributed by atoms with Gasteiger partial charge in [-0.3, -0.25) is 9.59 Å². The summed E-state index contributed by atoms with van der Waals surface area (Å²) in [5.74, 6) is -0.649. The second-order valence-electron chi connectivity index (χ2n) is 16.7. The normalized spacial score (nSPS) is 12.7. The Hall–Kier alpha value is -1.14. The van der Waals surface area contributed by atoms with Crippen molar-refractivity contribution in [3.05, 3.63) is 0 Å². The maximum Gasteiger partial charge on any atom is 0.305 e. The van der Waals surface area contributed by atoms with Crippen LogP contribution in [0.4, 0.5) is 0 Å². The lowest BCUT2D eigenvalue weighted by Crippen LogP contribution is -2.43. The Morgan fingerprint density at radius 2 is 0.830 bits per heavy atom. The van der Waals surface area contributed by atoms with E-state index in [2.05, 4.69) is 19.2 Å². The van der Waals surface area contributed by atoms with Crippen LogP contribution in [0.5, 0.6) is 0 Å². The SMILES string of the molecule is CCCCCCCCCCCCOC(=O)CCCCCCCCCCCCCCCNC(CCCCCCCCCCCCCCCC(=O)O)C(C)N. The summed E-state index contributed by atoms with van der Waals surface area (Å²) in [6, 6.07) is 0.680. The molecule has 53 heavy (non-hydrogen) atoms. The standard InChI is InChI=1S/C47H94N2O4/c1-3-4-5-6-7-8-23-28-33-38-43-53-47(52)41-36-31-26-21-17-13-10-14-18-22-27-32-37-42-49-45(44(2)48)39-34-29-24-19-15-11-9-12-16-20-25-30-35-40-46(50)51/h44-45,49H,3-43,48H2,1-2H3,(H,50,51). The van der Waals surface area contributed by atoms with Crippen molar-refractivity contribution in [2.24, 2.45) is 5.73 Å². The lowest BCUT2D eigenvalue weighted by atomic mass is 10.0. The highest BCUT2D eigenvalue weighted by Crippen LogP contribution is 2.16. The van der Waals surface area contributed by atoms with Gasteiger partial charge in [0.2, 0.25) is 0 Å². The summed E-state index contributed by atoms with van der Waals surface area (Å²) >= 11 is 0. The smallest absolute Gasteiger partial charge is 0.305 e. The highest BCUT2D eigenvalue weighted by Gasteiger charge is 2.12. The number of nitrogens with one attached hydrogen (secondary N) is 1. The van der Waals surface area contributed by atoms with E-state index >= 15 is 0 Å². The summed E-state index contributed by atoms with van der Waals surface area (Å²) in [5, 5.41) is 12.4. The van der Waals surface area contributed by atoms with E-state index in [-0.39, 0.29) is 12.0 Å². The molecule has 6 heteroatoms. The molecule has 2 unspecified atom stereocenters. The zero-order valence-electron chi connectivity index (χ0n) is 35.9. The molecular weight excluding hydrogens is 657 g/mol. The largest absolute Gasteiger partial charge is 0.481 e. The fourth-order valence-corrected chi connectivity index (χ4v) is 7.61. The van der Waals surface area contributed by atoms with Gasteiger partial charge in [0.25, 0.3) is 0 Å². The first-order valence-corrected chi connectivity index (χ1v) is 23.8. The Kier molecular flexibility index (Phi) is 42.6. The number of rotatable bonds is 45. The maximum atomic E-state index is 12.0. The van der Waals surface area contributed by atoms with Crippen molar-refractivity contribution >= 4 is 11.9 Å². The van der Waals surface area contributed by atoms with Crippen molar-refractivity contribution in [1.29, 1.82) is 0 Å². The van der Waals surface area contributed by atoms with Crippen molar-refractivity contribution in [3.63, 3.8) is 0 Å². The molecule has 0 rings (SSSR count). The molecular formula is C47H94N2O4. The molecule has 0 fully saturated rings. The van der Waals surface area contributed by atoms with Crippen LogP contribution >= 0.6 is 0 Å². The van der Waals surface area contributed by atoms with Crippen LogP contribution < -0.4 is 11.1 Å². The third-order valence-corrected chi connectivity index (χ3v) is 11.3. The lowest BCUT2D eigenvalue weighted by molar-refractivity contribution is -0.144. The quantitative estimate of drug-likeness (QED) is 0.0423. The van der Waals surface area contributed by atoms with Crippen molar-refractivity contribution in [3.8, 4) is 0 Å². The molecule has 0 aliphatic rings. The topological polar surface area (TPSA) is 102 Å². The van der Waals surface area contributed by atoms with E-state index in [1.165, 1.54) is 205 Å². The Morgan fingerprint density at radius 3 is 1.23 bits per heavy atom. The first kappa shape index (κ1) is 51.9. The summed E-state index contributed by atoms with van der Waals surface area (Å²) in [6.45, 7) is 6.16. The molecule has 2 atom stereocenters. The minimum Gasteiger partial charge on any atom is -0.481 e. The van der Waals surface area contributed by atoms with Gasteiger partial charge < -0.3 is 20.9 Å². The van der Waals surface area contributed by atoms with Crippen molar-refractivity contribution in [2.45, 2.75) is 276 Å². The summed E-state index contributed by atoms with van der Waals surface area (Å²) < 4.78 is 5.44. The van der Waals surface area contributed by atoms with Crippen LogP contribution in [-0.4, -0.2) is 42.3 Å². The van der Waals surface area contributed by atoms with Crippen LogP contribution in [-0.2, 0) is 14.3 Å². The minimum atomic E-state index is -0.661. The molecule has 0 bridgehead atoms. The Morgan fingerprint density at radius 1 is 0.491 bits per heavy atom. The average molecular weight is 751 g/mol. The number of carboxylic acids is 1. The molecule has 0 radical (unpaired) electrons. The van der Waals surface area contributed by atoms with E-state index in [1.54, 1.807) is 0 Å². The van der Waals surface area contributed by atoms with Gasteiger partial charge in [0.15, 0.2) is 0 Å². The minimum absolute atomic E-state index is 0.0127. The number of carbonyl (C=O) groups excluding carboxylic acids is 1. The van der Waals surface area contributed by atoms with E-state index in [0.29, 0.717) is 25.5 Å². The Bertz CT molecular complexity index is 746. The van der Waals surface area contributed by atoms with Crippen LogP contribution in [0, 0.1) is 0 Å². The summed E-state index contributed by atoms with van der Waals surface area (Å²) in [5.41, 5.74) is 6.31. The number of carbonyl (C=O) groups is 2. The molecule has 316 valence electrons. The van der Waals surface area contributed by atoms with E-state index < -0.39 is 5.97 Å². The average Bonchev–Trinajstić information content (AvgIpc) is 3.14. The highest BCUT2D eigenvalue weighted by atomic mass is 16.5. The van der Waals surface area contributed by atoms with Crippen LogP contribution in [0.25, 0.3) is 0 Å². The number of ether oxygens (including phenoxy) is 1. The molecule has 0 aromatic carbocycles. The number of nitrogens with two attached hydrogens (primary N) is 1. The second kappa shape index (κ2) is 43.6. The van der Waals surface area contributed by atoms with Crippen LogP contribution in [0.15, 0.2) is 0 Å². The van der Waals surface area contributed by atoms with Gasteiger partial charge in [0.1, 0.15) is 0 Å². The molecule has 0 saturated carbocycles. The van der Waals surface area contributed by atoms with Crippen molar-refractivity contribution < 1.29 is 19.4 Å². The number of hydrogen-bond acceptors (Lipinski definition) is 5. The highest BCUT2D eigenvalue weighted by molar-refractivity contribution is 5.69. The molecule has 0 saturated heterocycles. The number of esters is 1. The predicted molar refractivity (Wildman–Crippen MR) is 230 cm³/mol. The molecule has 6 nitrogen and oxygen atoms in total. The lowest BCUT2D eigenvalue weighted by Gasteiger charge is -2.22. The summed E-state index contributed by atoms with van der Waals surface area (Å²) in [7, 11) is 0. The van der Waals surface area contributed by atoms with E-state index in [4.69, 9.17) is 15.6 Å². The molecule has 0 aliphatic heterocycles. The third-order valence-electron chi connectivity index (χ3n) is 11.3. The molecule has 4 N–H and O–H groups in total. The Balaban J connectivity index is 3.37. The van der Waals surface area contributed by atoms with Crippen LogP contribution in [0.3, 0.4) is 0 Å². The van der Waals surface area contributed by atoms with Gasteiger partial charge in [-0.15, -0.1) is 0 Å². The van der Waals surface area contributed by atoms with E-state index in [9.17, 15) is 9.59 Å². The van der Waals surface area contributed by atoms with Gasteiger partial charge in [0.05, 0.1) is 6.61 Å². The summed E-state index contributed by atoms with van der Waals surface area (Å²) in [4.78, 5) is 22.5. The molecule has 0 heterocycles. The van der Waals surface area contributed by atoms with Gasteiger partial charge in [-0.25, -0.2) is 0 Å². The molecule has 0 spiro atoms. The first-order chi connectivity index (χ1) is 26.0. The number of hydrogen-bond donors (Lipinski definition) is 3. The molecule has 0 aliphatic carbocycles. The Labute approximate surface area is 331 Å². The molecule has 0 aromatic heterocycles. The van der Waals surface area contributed by atoms with Gasteiger partial charge in [-0.2, -0.15) is 0 Å². The third kappa shape index (κ3) is 43.5. The van der Waals surface area contributed by atoms with Gasteiger partial charge in [0, 0.05) is 24.9 Å². The maximum absolute atomic E-state index is 12.0. The summed E-state index contributed by atoms with van der Waals surface area (Å²) in [6.07, 6.45) is 48.6. The van der Waals surface area contributed by atoms with Gasteiger partial charge >= 0.3 is 11.9 Å². The zero-order valence-corrected chi connectivity index (χ0v) is 35.9. The van der Waals surface area contributed by atoms with E-state index in [1.807, 2.05) is 0 Å². The van der Waals surface area contributed by atoms with Crippen LogP contribution in [0.1, 0.15) is 264 Å². The van der Waals surface area contributed by atoms with Crippen molar-refractivity contribution in [1.82, 2.24) is 5.32 Å². The fraction of sp³-hybridized carbons (Fsp3) is 0.957. The molecule has 0 amide bonds. The zero-order chi connectivity index (χ0) is 38.7. The predicted octanol–water partition coefficient (Wildman–Crippen LogP) is 14.2. The van der Waals surface area contributed by atoms with Crippen LogP contribution in [0.2, 0.25) is 0 Å². The second-order valence-corrected chi connectivity index (χ2v) is 16.7. The molecule has 0 aromatic rings.